The second-order valence-corrected chi connectivity index (χ2v) is 6.42. The van der Waals surface area contributed by atoms with Gasteiger partial charge in [0.25, 0.3) is 0 Å². The Balaban J connectivity index is 1.34. The summed E-state index contributed by atoms with van der Waals surface area (Å²) in [5.41, 5.74) is 0.907. The van der Waals surface area contributed by atoms with Gasteiger partial charge in [-0.15, -0.1) is 10.2 Å². The summed E-state index contributed by atoms with van der Waals surface area (Å²) in [5, 5.41) is 17.3. The molecule has 0 atom stereocenters. The number of anilines is 2. The van der Waals surface area contributed by atoms with E-state index in [1.165, 1.54) is 18.2 Å². The molecule has 0 spiro atoms. The van der Waals surface area contributed by atoms with Gasteiger partial charge >= 0.3 is 6.03 Å². The largest absolute Gasteiger partial charge is 0.438 e. The number of nitrogens with zero attached hydrogens (tertiary/aromatic N) is 4. The average molecular weight is 425 g/mol. The first-order valence-electron chi connectivity index (χ1n) is 8.71. The quantitative estimate of drug-likeness (QED) is 0.475. The minimum absolute atomic E-state index is 0.0740. The van der Waals surface area contributed by atoms with Gasteiger partial charge in [-0.25, -0.2) is 13.9 Å². The maximum Gasteiger partial charge on any atom is 0.323 e. The van der Waals surface area contributed by atoms with E-state index < -0.39 is 11.8 Å². The third-order valence-electron chi connectivity index (χ3n) is 3.88. The van der Waals surface area contributed by atoms with Crippen LogP contribution in [0.3, 0.4) is 0 Å². The molecule has 0 aliphatic carbocycles. The summed E-state index contributed by atoms with van der Waals surface area (Å²) in [6, 6.07) is 15.3. The highest BCUT2D eigenvalue weighted by Crippen LogP contribution is 2.22. The third kappa shape index (κ3) is 4.70. The Morgan fingerprint density at radius 3 is 2.43 bits per heavy atom. The second kappa shape index (κ2) is 8.58. The van der Waals surface area contributed by atoms with Crippen molar-refractivity contribution in [2.24, 2.45) is 0 Å². The molecule has 2 N–H and O–H groups in total. The van der Waals surface area contributed by atoms with Gasteiger partial charge in [-0.1, -0.05) is 11.6 Å². The number of nitrogens with one attached hydrogen (secondary N) is 2. The number of benzene rings is 2. The molecule has 0 aliphatic heterocycles. The van der Waals surface area contributed by atoms with Crippen LogP contribution in [0.5, 0.6) is 11.6 Å². The average Bonchev–Trinajstić information content (AvgIpc) is 3.28. The molecular formula is C20H14ClFN6O2. The van der Waals surface area contributed by atoms with Crippen molar-refractivity contribution in [2.75, 3.05) is 10.6 Å². The van der Waals surface area contributed by atoms with E-state index in [0.29, 0.717) is 28.8 Å². The molecule has 0 saturated carbocycles. The van der Waals surface area contributed by atoms with E-state index in [0.717, 1.165) is 0 Å². The normalized spacial score (nSPS) is 10.5. The molecule has 150 valence electrons. The van der Waals surface area contributed by atoms with Crippen molar-refractivity contribution < 1.29 is 13.9 Å². The van der Waals surface area contributed by atoms with Crippen molar-refractivity contribution in [3.63, 3.8) is 0 Å². The highest BCUT2D eigenvalue weighted by molar-refractivity contribution is 6.31. The third-order valence-corrected chi connectivity index (χ3v) is 4.17. The highest BCUT2D eigenvalue weighted by atomic mass is 35.5. The minimum Gasteiger partial charge on any atom is -0.438 e. The second-order valence-electron chi connectivity index (χ2n) is 6.01. The molecular weight excluding hydrogens is 411 g/mol. The zero-order valence-corrected chi connectivity index (χ0v) is 16.0. The lowest BCUT2D eigenvalue weighted by atomic mass is 10.3. The molecule has 0 bridgehead atoms. The predicted molar refractivity (Wildman–Crippen MR) is 110 cm³/mol. The number of rotatable bonds is 5. The van der Waals surface area contributed by atoms with E-state index in [9.17, 15) is 9.18 Å². The van der Waals surface area contributed by atoms with Gasteiger partial charge < -0.3 is 15.4 Å². The van der Waals surface area contributed by atoms with Crippen LogP contribution >= 0.6 is 11.6 Å². The number of hydrogen-bond acceptors (Lipinski definition) is 5. The number of halogens is 2. The maximum atomic E-state index is 13.2. The molecule has 0 fully saturated rings. The summed E-state index contributed by atoms with van der Waals surface area (Å²) in [6.45, 7) is 0. The van der Waals surface area contributed by atoms with E-state index in [4.69, 9.17) is 16.3 Å². The van der Waals surface area contributed by atoms with Crippen molar-refractivity contribution in [1.29, 1.82) is 0 Å². The fourth-order valence-corrected chi connectivity index (χ4v) is 2.67. The smallest absolute Gasteiger partial charge is 0.323 e. The first kappa shape index (κ1) is 19.3. The molecule has 0 unspecified atom stereocenters. The van der Waals surface area contributed by atoms with Crippen LogP contribution in [0.4, 0.5) is 20.6 Å². The molecule has 0 saturated heterocycles. The van der Waals surface area contributed by atoms with Gasteiger partial charge in [0.05, 0.1) is 5.02 Å². The van der Waals surface area contributed by atoms with Gasteiger partial charge in [0.1, 0.15) is 11.6 Å². The van der Waals surface area contributed by atoms with Gasteiger partial charge in [-0.05, 0) is 54.6 Å². The minimum atomic E-state index is -0.557. The van der Waals surface area contributed by atoms with Crippen LogP contribution in [0, 0.1) is 5.82 Å². The topological polar surface area (TPSA) is 94.0 Å². The number of urea groups is 1. The Labute approximate surface area is 175 Å². The lowest BCUT2D eigenvalue weighted by Crippen LogP contribution is -2.19. The molecule has 4 aromatic rings. The summed E-state index contributed by atoms with van der Waals surface area (Å²) in [5.74, 6) is 0.851. The summed E-state index contributed by atoms with van der Waals surface area (Å²) >= 11 is 5.70. The van der Waals surface area contributed by atoms with Crippen LogP contribution in [0.15, 0.2) is 73.1 Å². The molecule has 4 rings (SSSR count). The number of carbonyl (C=O) groups excluding carboxylic acids is 1. The lowest BCUT2D eigenvalue weighted by Gasteiger charge is -2.09. The Morgan fingerprint density at radius 2 is 1.77 bits per heavy atom. The predicted octanol–water partition coefficient (Wildman–Crippen LogP) is 4.89. The van der Waals surface area contributed by atoms with E-state index in [2.05, 4.69) is 25.9 Å². The maximum absolute atomic E-state index is 13.2. The number of aromatic nitrogens is 4. The molecule has 8 nitrogen and oxygen atoms in total. The van der Waals surface area contributed by atoms with Crippen molar-refractivity contribution in [3.05, 3.63) is 83.9 Å². The van der Waals surface area contributed by atoms with Gasteiger partial charge in [0.2, 0.25) is 5.88 Å². The van der Waals surface area contributed by atoms with Gasteiger partial charge in [-0.3, -0.25) is 0 Å². The Kier molecular flexibility index (Phi) is 5.53. The van der Waals surface area contributed by atoms with E-state index in [-0.39, 0.29) is 5.02 Å². The molecule has 2 amide bonds. The highest BCUT2D eigenvalue weighted by Gasteiger charge is 2.07. The van der Waals surface area contributed by atoms with Crippen molar-refractivity contribution in [2.45, 2.75) is 0 Å². The summed E-state index contributed by atoms with van der Waals surface area (Å²) < 4.78 is 20.4. The first-order chi connectivity index (χ1) is 14.6. The Hall–Kier alpha value is -3.98. The van der Waals surface area contributed by atoms with E-state index in [1.807, 2.05) is 0 Å². The van der Waals surface area contributed by atoms with Gasteiger partial charge in [0.15, 0.2) is 5.82 Å². The monoisotopic (exact) mass is 424 g/mol. The zero-order valence-electron chi connectivity index (χ0n) is 15.3. The molecule has 2 aromatic heterocycles. The SMILES string of the molecule is O=C(Nc1ccc(Oc2ccc(-n3cccn3)nn2)cc1)Nc1ccc(F)c(Cl)c1. The van der Waals surface area contributed by atoms with Gasteiger partial charge in [-0.2, -0.15) is 5.10 Å². The number of hydrogen-bond donors (Lipinski definition) is 2. The Morgan fingerprint density at radius 1 is 1.00 bits per heavy atom. The van der Waals surface area contributed by atoms with Crippen LogP contribution in [-0.2, 0) is 0 Å². The molecule has 30 heavy (non-hydrogen) atoms. The van der Waals surface area contributed by atoms with E-state index in [1.54, 1.807) is 59.5 Å². The molecule has 0 aliphatic rings. The van der Waals surface area contributed by atoms with Crippen LogP contribution in [0.2, 0.25) is 5.02 Å². The molecule has 10 heteroatoms. The number of amides is 2. The molecule has 0 radical (unpaired) electrons. The van der Waals surface area contributed by atoms with Crippen LogP contribution in [-0.4, -0.2) is 26.0 Å². The van der Waals surface area contributed by atoms with Gasteiger partial charge in [0, 0.05) is 29.8 Å². The zero-order chi connectivity index (χ0) is 20.9. The van der Waals surface area contributed by atoms with Crippen LogP contribution < -0.4 is 15.4 Å². The van der Waals surface area contributed by atoms with Crippen molar-refractivity contribution >= 4 is 29.0 Å². The fraction of sp³-hybridized carbons (Fsp3) is 0. The van der Waals surface area contributed by atoms with Crippen LogP contribution in [0.1, 0.15) is 0 Å². The standard InChI is InChI=1S/C20H14ClFN6O2/c21-16-12-14(4-7-17(16)22)25-20(29)24-13-2-5-15(6-3-13)30-19-9-8-18(26-27-19)28-11-1-10-23-28/h1-12H,(H2,24,25,29). The van der Waals surface area contributed by atoms with Crippen molar-refractivity contribution in [1.82, 2.24) is 20.0 Å². The summed E-state index contributed by atoms with van der Waals surface area (Å²) in [4.78, 5) is 12.1. The summed E-state index contributed by atoms with van der Waals surface area (Å²) in [6.07, 6.45) is 3.41. The Bertz CT molecular complexity index is 1150. The van der Waals surface area contributed by atoms with Crippen molar-refractivity contribution in [3.8, 4) is 17.4 Å². The fourth-order valence-electron chi connectivity index (χ4n) is 2.49. The molecule has 2 heterocycles. The lowest BCUT2D eigenvalue weighted by molar-refractivity contribution is 0.262. The van der Waals surface area contributed by atoms with E-state index >= 15 is 0 Å². The van der Waals surface area contributed by atoms with Crippen LogP contribution in [0.25, 0.3) is 5.82 Å². The molecule has 2 aromatic carbocycles. The summed E-state index contributed by atoms with van der Waals surface area (Å²) in [7, 11) is 0. The first-order valence-corrected chi connectivity index (χ1v) is 9.09. The number of ether oxygens (including phenoxy) is 1. The number of carbonyl (C=O) groups is 1.